The van der Waals surface area contributed by atoms with Crippen LogP contribution in [0.3, 0.4) is 0 Å². The molecule has 35 heavy (non-hydrogen) atoms. The topological polar surface area (TPSA) is 77.8 Å². The van der Waals surface area contributed by atoms with Gasteiger partial charge < -0.3 is 24.1 Å². The smallest absolute Gasteiger partial charge is 0.234 e. The molecule has 0 atom stereocenters. The number of hydrogen-bond acceptors (Lipinski definition) is 7. The van der Waals surface area contributed by atoms with Crippen LogP contribution in [0, 0.1) is 0 Å². The average Bonchev–Trinajstić information content (AvgIpc) is 3.32. The molecule has 0 aliphatic carbocycles. The number of amides is 1. The summed E-state index contributed by atoms with van der Waals surface area (Å²) in [6.45, 7) is 8.35. The van der Waals surface area contributed by atoms with Crippen molar-refractivity contribution in [3.05, 3.63) is 54.2 Å². The average molecular weight is 495 g/mol. The van der Waals surface area contributed by atoms with Crippen molar-refractivity contribution in [2.24, 2.45) is 0 Å². The van der Waals surface area contributed by atoms with Gasteiger partial charge in [0.1, 0.15) is 13.2 Å². The Kier molecular flexibility index (Phi) is 7.56. The molecule has 3 heterocycles. The number of anilines is 1. The molecule has 0 unspecified atom stereocenters. The van der Waals surface area contributed by atoms with E-state index in [1.54, 1.807) is 0 Å². The van der Waals surface area contributed by atoms with Crippen LogP contribution in [0.2, 0.25) is 0 Å². The lowest BCUT2D eigenvalue weighted by Gasteiger charge is -2.26. The van der Waals surface area contributed by atoms with E-state index in [4.69, 9.17) is 14.2 Å². The predicted octanol–water partition coefficient (Wildman–Crippen LogP) is 3.90. The molecule has 2 aromatic carbocycles. The molecular formula is C26H30N4O4S. The normalized spacial score (nSPS) is 15.7. The first-order valence-electron chi connectivity index (χ1n) is 12.0. The number of aromatic nitrogens is 2. The number of hydrogen-bond donors (Lipinski definition) is 1. The third-order valence-electron chi connectivity index (χ3n) is 6.05. The summed E-state index contributed by atoms with van der Waals surface area (Å²) in [6.07, 6.45) is 1.85. The molecule has 2 aliphatic rings. The zero-order valence-corrected chi connectivity index (χ0v) is 20.7. The molecule has 1 N–H and O–H groups in total. The van der Waals surface area contributed by atoms with Crippen molar-refractivity contribution < 1.29 is 19.0 Å². The Morgan fingerprint density at radius 2 is 1.80 bits per heavy atom. The number of carbonyl (C=O) groups excluding carboxylic acids is 1. The number of morpholine rings is 1. The first-order chi connectivity index (χ1) is 17.2. The summed E-state index contributed by atoms with van der Waals surface area (Å²) in [7, 11) is 0. The fraction of sp³-hybridized carbons (Fsp3) is 0.385. The number of rotatable bonds is 8. The van der Waals surface area contributed by atoms with Crippen molar-refractivity contribution in [1.82, 2.24) is 14.5 Å². The Hall–Kier alpha value is -3.01. The van der Waals surface area contributed by atoms with Crippen LogP contribution in [0.1, 0.15) is 12.5 Å². The van der Waals surface area contributed by atoms with E-state index in [2.05, 4.69) is 38.8 Å². The summed E-state index contributed by atoms with van der Waals surface area (Å²) in [4.78, 5) is 19.6. The van der Waals surface area contributed by atoms with Gasteiger partial charge in [-0.1, -0.05) is 23.9 Å². The predicted molar refractivity (Wildman–Crippen MR) is 136 cm³/mol. The number of fused-ring (bicyclic) bond motifs is 1. The summed E-state index contributed by atoms with van der Waals surface area (Å²) in [5, 5.41) is 3.81. The fourth-order valence-electron chi connectivity index (χ4n) is 4.25. The standard InChI is InChI=1S/C26H30N4O4S/c1-2-30-22(20-5-8-23-24(15-20)34-14-13-33-23)16-27-26(30)35-18-25(31)28-21-6-3-19(4-7-21)17-29-9-11-32-12-10-29/h3-8,15-16H,2,9-14,17-18H2,1H3,(H,28,31). The molecule has 1 saturated heterocycles. The van der Waals surface area contributed by atoms with Crippen molar-refractivity contribution in [2.45, 2.75) is 25.2 Å². The lowest BCUT2D eigenvalue weighted by Crippen LogP contribution is -2.35. The zero-order valence-electron chi connectivity index (χ0n) is 19.9. The van der Waals surface area contributed by atoms with Crippen LogP contribution in [0.15, 0.2) is 53.8 Å². The van der Waals surface area contributed by atoms with E-state index >= 15 is 0 Å². The number of nitrogens with one attached hydrogen (secondary N) is 1. The molecule has 0 radical (unpaired) electrons. The van der Waals surface area contributed by atoms with Crippen molar-refractivity contribution >= 4 is 23.4 Å². The van der Waals surface area contributed by atoms with Crippen LogP contribution in [0.25, 0.3) is 11.3 Å². The van der Waals surface area contributed by atoms with Crippen LogP contribution < -0.4 is 14.8 Å². The van der Waals surface area contributed by atoms with Gasteiger partial charge in [0.25, 0.3) is 0 Å². The van der Waals surface area contributed by atoms with Gasteiger partial charge in [0.15, 0.2) is 16.7 Å². The van der Waals surface area contributed by atoms with Gasteiger partial charge in [0, 0.05) is 37.4 Å². The van der Waals surface area contributed by atoms with Gasteiger partial charge in [-0.05, 0) is 42.8 Å². The largest absolute Gasteiger partial charge is 0.486 e. The van der Waals surface area contributed by atoms with Crippen molar-refractivity contribution in [2.75, 3.05) is 50.6 Å². The minimum absolute atomic E-state index is 0.0533. The van der Waals surface area contributed by atoms with E-state index in [-0.39, 0.29) is 11.7 Å². The maximum Gasteiger partial charge on any atom is 0.234 e. The third kappa shape index (κ3) is 5.80. The number of nitrogens with zero attached hydrogens (tertiary/aromatic N) is 3. The molecule has 1 aromatic heterocycles. The number of thioether (sulfide) groups is 1. The highest BCUT2D eigenvalue weighted by Gasteiger charge is 2.17. The second kappa shape index (κ2) is 11.2. The fourth-order valence-corrected chi connectivity index (χ4v) is 5.09. The minimum atomic E-state index is -0.0533. The monoisotopic (exact) mass is 494 g/mol. The van der Waals surface area contributed by atoms with Crippen molar-refractivity contribution in [3.8, 4) is 22.8 Å². The van der Waals surface area contributed by atoms with Crippen molar-refractivity contribution in [1.29, 1.82) is 0 Å². The SMILES string of the molecule is CCn1c(-c2ccc3c(c2)OCCO3)cnc1SCC(=O)Nc1ccc(CN2CCOCC2)cc1. The Morgan fingerprint density at radius 1 is 1.03 bits per heavy atom. The molecule has 9 heteroatoms. The van der Waals surface area contributed by atoms with Gasteiger partial charge in [-0.3, -0.25) is 9.69 Å². The Bertz CT molecular complexity index is 1160. The second-order valence-electron chi connectivity index (χ2n) is 8.45. The third-order valence-corrected chi connectivity index (χ3v) is 7.04. The van der Waals surface area contributed by atoms with E-state index in [0.29, 0.717) is 13.2 Å². The summed E-state index contributed by atoms with van der Waals surface area (Å²) in [5.74, 6) is 1.75. The molecule has 3 aromatic rings. The maximum absolute atomic E-state index is 12.6. The minimum Gasteiger partial charge on any atom is -0.486 e. The Labute approximate surface area is 209 Å². The van der Waals surface area contributed by atoms with Gasteiger partial charge in [0.2, 0.25) is 5.91 Å². The molecule has 0 bridgehead atoms. The van der Waals surface area contributed by atoms with E-state index in [0.717, 1.165) is 73.0 Å². The lowest BCUT2D eigenvalue weighted by atomic mass is 10.1. The number of benzene rings is 2. The van der Waals surface area contributed by atoms with Crippen LogP contribution >= 0.6 is 11.8 Å². The van der Waals surface area contributed by atoms with Crippen LogP contribution in [0.4, 0.5) is 5.69 Å². The van der Waals surface area contributed by atoms with E-state index in [1.807, 2.05) is 36.5 Å². The molecule has 184 valence electrons. The van der Waals surface area contributed by atoms with Gasteiger partial charge in [0.05, 0.1) is 30.9 Å². The highest BCUT2D eigenvalue weighted by molar-refractivity contribution is 7.99. The van der Waals surface area contributed by atoms with Gasteiger partial charge in [-0.2, -0.15) is 0 Å². The first-order valence-corrected chi connectivity index (χ1v) is 13.0. The number of imidazole rings is 1. The van der Waals surface area contributed by atoms with Gasteiger partial charge in [-0.15, -0.1) is 0 Å². The number of carbonyl (C=O) groups is 1. The van der Waals surface area contributed by atoms with Gasteiger partial charge >= 0.3 is 0 Å². The molecule has 2 aliphatic heterocycles. The highest BCUT2D eigenvalue weighted by atomic mass is 32.2. The molecule has 8 nitrogen and oxygen atoms in total. The molecule has 0 saturated carbocycles. The summed E-state index contributed by atoms with van der Waals surface area (Å²) < 4.78 is 18.9. The zero-order chi connectivity index (χ0) is 24.0. The molecule has 0 spiro atoms. The van der Waals surface area contributed by atoms with E-state index < -0.39 is 0 Å². The summed E-state index contributed by atoms with van der Waals surface area (Å²) >= 11 is 1.44. The summed E-state index contributed by atoms with van der Waals surface area (Å²) in [5.41, 5.74) is 4.04. The Balaban J connectivity index is 1.17. The molecule has 5 rings (SSSR count). The van der Waals surface area contributed by atoms with Crippen molar-refractivity contribution in [3.63, 3.8) is 0 Å². The van der Waals surface area contributed by atoms with Crippen LogP contribution in [0.5, 0.6) is 11.5 Å². The van der Waals surface area contributed by atoms with Crippen LogP contribution in [-0.2, 0) is 22.6 Å². The van der Waals surface area contributed by atoms with Crippen LogP contribution in [-0.4, -0.2) is 65.6 Å². The lowest BCUT2D eigenvalue weighted by molar-refractivity contribution is -0.113. The second-order valence-corrected chi connectivity index (χ2v) is 9.39. The summed E-state index contributed by atoms with van der Waals surface area (Å²) in [6, 6.07) is 14.0. The molecule has 1 amide bonds. The van der Waals surface area contributed by atoms with Gasteiger partial charge in [-0.25, -0.2) is 4.98 Å². The van der Waals surface area contributed by atoms with E-state index in [9.17, 15) is 4.79 Å². The van der Waals surface area contributed by atoms with E-state index in [1.165, 1.54) is 17.3 Å². The number of ether oxygens (including phenoxy) is 3. The Morgan fingerprint density at radius 3 is 2.57 bits per heavy atom. The highest BCUT2D eigenvalue weighted by Crippen LogP contribution is 2.35. The molecule has 1 fully saturated rings. The quantitative estimate of drug-likeness (QED) is 0.476. The molecular weight excluding hydrogens is 464 g/mol. The first kappa shape index (κ1) is 23.7. The maximum atomic E-state index is 12.6.